The Balaban J connectivity index is 1.02. The van der Waals surface area contributed by atoms with Crippen molar-refractivity contribution in [1.29, 1.82) is 10.5 Å². The van der Waals surface area contributed by atoms with Crippen LogP contribution in [0.15, 0.2) is 203 Å². The number of sulfonamides is 1. The van der Waals surface area contributed by atoms with Crippen LogP contribution in [-0.4, -0.2) is 65.3 Å². The summed E-state index contributed by atoms with van der Waals surface area (Å²) >= 11 is 0.934. The van der Waals surface area contributed by atoms with Gasteiger partial charge in [0.05, 0.1) is 31.6 Å². The molecule has 0 saturated heterocycles. The van der Waals surface area contributed by atoms with Gasteiger partial charge in [0.2, 0.25) is 0 Å². The minimum Gasteiger partial charge on any atom is -0.339 e. The predicted molar refractivity (Wildman–Crippen MR) is 311 cm³/mol. The number of anilines is 5. The van der Waals surface area contributed by atoms with E-state index in [1.807, 2.05) is 36.4 Å². The summed E-state index contributed by atoms with van der Waals surface area (Å²) in [5.41, 5.74) is 1.34. The maximum atomic E-state index is 13.8. The molecule has 30 heteroatoms. The van der Waals surface area contributed by atoms with Gasteiger partial charge in [-0.05, 0) is 131 Å². The number of nitrogens with one attached hydrogen (secondary N) is 3. The van der Waals surface area contributed by atoms with Gasteiger partial charge in [0.1, 0.15) is 38.2 Å². The van der Waals surface area contributed by atoms with Gasteiger partial charge in [0.15, 0.2) is 16.6 Å². The van der Waals surface area contributed by atoms with Crippen molar-refractivity contribution in [3.8, 4) is 23.3 Å². The Hall–Kier alpha value is -9.44. The number of nitriles is 2. The van der Waals surface area contributed by atoms with E-state index in [2.05, 4.69) is 52.9 Å². The lowest BCUT2D eigenvalue weighted by Gasteiger charge is -2.16. The molecule has 24 nitrogen and oxygen atoms in total. The number of benzene rings is 8. The van der Waals surface area contributed by atoms with Crippen molar-refractivity contribution in [2.75, 3.05) is 15.4 Å². The summed E-state index contributed by atoms with van der Waals surface area (Å²) in [7, 11) is -23.7. The van der Waals surface area contributed by atoms with Crippen molar-refractivity contribution in [3.63, 3.8) is 0 Å². The first-order valence-electron chi connectivity index (χ1n) is 23.8. The van der Waals surface area contributed by atoms with Crippen LogP contribution >= 0.6 is 11.3 Å². The molecule has 0 spiro atoms. The van der Waals surface area contributed by atoms with Crippen molar-refractivity contribution >= 4 is 144 Å². The highest BCUT2D eigenvalue weighted by Crippen LogP contribution is 2.49. The lowest BCUT2D eigenvalue weighted by Crippen LogP contribution is -2.14. The fourth-order valence-corrected chi connectivity index (χ4v) is 13.1. The van der Waals surface area contributed by atoms with E-state index in [9.17, 15) is 70.8 Å². The number of hydrogen-bond donors (Lipinski definition) is 7. The van der Waals surface area contributed by atoms with Crippen molar-refractivity contribution < 1.29 is 60.3 Å². The van der Waals surface area contributed by atoms with Gasteiger partial charge in [-0.25, -0.2) is 13.4 Å². The minimum atomic E-state index is -5.06. The molecule has 7 N–H and O–H groups in total. The largest absolute Gasteiger partial charge is 0.339 e. The molecule has 84 heavy (non-hydrogen) atoms. The third-order valence-corrected chi connectivity index (χ3v) is 18.6. The molecule has 0 unspecified atom stereocenters. The fourth-order valence-electron chi connectivity index (χ4n) is 8.76. The molecule has 0 aliphatic rings. The molecule has 422 valence electrons. The number of nitrogens with zero attached hydrogens (tertiary/aromatic N) is 7. The average Bonchev–Trinajstić information content (AvgIpc) is 1.56. The van der Waals surface area contributed by atoms with Gasteiger partial charge < -0.3 is 10.6 Å². The molecule has 0 atom stereocenters. The van der Waals surface area contributed by atoms with Crippen LogP contribution in [0.3, 0.4) is 0 Å². The van der Waals surface area contributed by atoms with Gasteiger partial charge in [-0.2, -0.15) is 44.2 Å². The van der Waals surface area contributed by atoms with E-state index < -0.39 is 81.2 Å². The van der Waals surface area contributed by atoms with Crippen molar-refractivity contribution in [1.82, 2.24) is 4.98 Å². The standard InChI is InChI=1S/C54H36N10O14S6/c1-30-45(28-55)51(57-36-14-19-40(20-15-36)81(67,68)69)59-52(58-37-16-21-41(22-17-37)82(70,71)72)50(30)61-62-53-46(29-56)49(35-10-9-31-5-2-3-6-32(31)23-35)54(79-53)63-60-38-13-11-34-25-42(18-12-33(34)24-38)80(65,66)64-39-26-44-43(48(27-39)84(76,77)78)7-4-8-47(44)83(73,74)75/h2-27,64H,1H3,(H2,57,58,59)(H,67,68,69)(H,70,71,72)(H,73,74,75)(H,76,77,78). The Morgan fingerprint density at radius 3 is 1.65 bits per heavy atom. The van der Waals surface area contributed by atoms with Crippen molar-refractivity contribution in [2.45, 2.75) is 31.4 Å². The summed E-state index contributed by atoms with van der Waals surface area (Å²) in [4.78, 5) is 1.94. The van der Waals surface area contributed by atoms with Crippen LogP contribution in [0.5, 0.6) is 0 Å². The van der Waals surface area contributed by atoms with E-state index in [1.165, 1.54) is 61.5 Å². The highest BCUT2D eigenvalue weighted by atomic mass is 32.2. The van der Waals surface area contributed by atoms with Crippen molar-refractivity contribution in [3.05, 3.63) is 174 Å². The molecule has 10 aromatic rings. The van der Waals surface area contributed by atoms with Crippen LogP contribution in [0.1, 0.15) is 16.7 Å². The molecule has 0 radical (unpaired) electrons. The number of aromatic nitrogens is 1. The van der Waals surface area contributed by atoms with E-state index in [-0.39, 0.29) is 71.4 Å². The Morgan fingerprint density at radius 2 is 1.04 bits per heavy atom. The Labute approximate surface area is 481 Å². The summed E-state index contributed by atoms with van der Waals surface area (Å²) in [5.74, 6) is -0.0980. The topological polar surface area (TPSA) is 398 Å². The third-order valence-electron chi connectivity index (χ3n) is 12.7. The van der Waals surface area contributed by atoms with Crippen LogP contribution in [0.4, 0.5) is 50.1 Å². The summed E-state index contributed by atoms with van der Waals surface area (Å²) < 4.78 is 165. The lowest BCUT2D eigenvalue weighted by atomic mass is 10.00. The SMILES string of the molecule is Cc1c(C#N)c(Nc2ccc(S(=O)(=O)O)cc2)nc(Nc2ccc(S(=O)(=O)O)cc2)c1N=Nc1sc(N=Nc2ccc3cc(S(=O)(=O)Nc4cc(S(=O)(=O)O)c5cccc(S(=O)(=O)O)c5c4)ccc3c2)c(-c2ccc3ccccc3c2)c1C#N. The van der Waals surface area contributed by atoms with Gasteiger partial charge >= 0.3 is 0 Å². The zero-order chi connectivity index (χ0) is 60.1. The van der Waals surface area contributed by atoms with E-state index in [0.717, 1.165) is 70.6 Å². The molecule has 2 aromatic heterocycles. The van der Waals surface area contributed by atoms with E-state index >= 15 is 0 Å². The maximum Gasteiger partial charge on any atom is 0.295 e. The average molecular weight is 1240 g/mol. The van der Waals surface area contributed by atoms with E-state index in [4.69, 9.17) is 0 Å². The zero-order valence-corrected chi connectivity index (χ0v) is 47.4. The number of pyridine rings is 1. The second kappa shape index (κ2) is 22.0. The highest BCUT2D eigenvalue weighted by molar-refractivity contribution is 7.92. The Kier molecular flexibility index (Phi) is 15.2. The van der Waals surface area contributed by atoms with Gasteiger partial charge in [0, 0.05) is 33.3 Å². The highest BCUT2D eigenvalue weighted by Gasteiger charge is 2.26. The van der Waals surface area contributed by atoms with Gasteiger partial charge in [0.25, 0.3) is 50.5 Å². The Bertz CT molecular complexity index is 5170. The molecule has 0 saturated carbocycles. The van der Waals surface area contributed by atoms with E-state index in [0.29, 0.717) is 21.9 Å². The second-order valence-electron chi connectivity index (χ2n) is 18.1. The molecule has 8 aromatic carbocycles. The van der Waals surface area contributed by atoms with Crippen LogP contribution in [0, 0.1) is 29.6 Å². The van der Waals surface area contributed by atoms with Gasteiger partial charge in [-0.15, -0.1) is 20.5 Å². The maximum absolute atomic E-state index is 13.8. The molecular formula is C54H36N10O14S6. The predicted octanol–water partition coefficient (Wildman–Crippen LogP) is 12.4. The molecule has 0 bridgehead atoms. The smallest absolute Gasteiger partial charge is 0.295 e. The first-order valence-corrected chi connectivity index (χ1v) is 31.9. The van der Waals surface area contributed by atoms with Crippen LogP contribution in [0.2, 0.25) is 0 Å². The van der Waals surface area contributed by atoms with E-state index in [1.54, 1.807) is 18.2 Å². The summed E-state index contributed by atoms with van der Waals surface area (Å²) in [6, 6.07) is 40.8. The molecule has 0 fully saturated rings. The quantitative estimate of drug-likeness (QED) is 0.0349. The number of rotatable bonds is 16. The van der Waals surface area contributed by atoms with Gasteiger partial charge in [-0.1, -0.05) is 72.0 Å². The number of azo groups is 2. The normalized spacial score (nSPS) is 12.5. The minimum absolute atomic E-state index is 0.0254. The third kappa shape index (κ3) is 12.1. The Morgan fingerprint density at radius 1 is 0.476 bits per heavy atom. The van der Waals surface area contributed by atoms with Crippen LogP contribution in [-0.2, 0) is 50.5 Å². The van der Waals surface area contributed by atoms with Crippen LogP contribution < -0.4 is 15.4 Å². The molecule has 10 rings (SSSR count). The molecule has 0 amide bonds. The number of hydrogen-bond acceptors (Lipinski definition) is 20. The summed E-state index contributed by atoms with van der Waals surface area (Å²) in [6.07, 6.45) is 0. The summed E-state index contributed by atoms with van der Waals surface area (Å²) in [5, 5.41) is 47.6. The van der Waals surface area contributed by atoms with Gasteiger partial charge in [-0.3, -0.25) is 22.9 Å². The number of thiophene rings is 1. The first kappa shape index (κ1) is 57.8. The first-order chi connectivity index (χ1) is 39.7. The number of fused-ring (bicyclic) bond motifs is 3. The monoisotopic (exact) mass is 1240 g/mol. The van der Waals surface area contributed by atoms with Crippen molar-refractivity contribution in [2.24, 2.45) is 20.5 Å². The summed E-state index contributed by atoms with van der Waals surface area (Å²) in [6.45, 7) is 1.54. The molecular weight excluding hydrogens is 1210 g/mol. The fraction of sp³-hybridized carbons (Fsp3) is 0.0185. The zero-order valence-electron chi connectivity index (χ0n) is 42.5. The second-order valence-corrected chi connectivity index (χ2v) is 26.4. The molecule has 0 aliphatic heterocycles. The molecule has 2 heterocycles. The molecule has 0 aliphatic carbocycles. The van der Waals surface area contributed by atoms with Crippen LogP contribution in [0.25, 0.3) is 43.4 Å². The lowest BCUT2D eigenvalue weighted by molar-refractivity contribution is 0.481.